The Labute approximate surface area is 839 Å². The highest BCUT2D eigenvalue weighted by Gasteiger charge is 2.40. The van der Waals surface area contributed by atoms with Crippen LogP contribution in [0.15, 0.2) is 250 Å². The number of ether oxygens (including phenoxy) is 1. The van der Waals surface area contributed by atoms with Crippen LogP contribution in [0, 0.1) is 0 Å². The van der Waals surface area contributed by atoms with Crippen LogP contribution in [0.25, 0.3) is 88.1 Å². The Kier molecular flexibility index (Phi) is 27.6. The first kappa shape index (κ1) is 97.7. The molecule has 5 aromatic carbocycles. The topological polar surface area (TPSA) is 389 Å². The third kappa shape index (κ3) is 23.5. The molecule has 0 bridgehead atoms. The Hall–Kier alpha value is -16.7. The molecule has 0 saturated carbocycles. The largest absolute Gasteiger partial charge is 0.456 e. The van der Waals surface area contributed by atoms with E-state index in [4.69, 9.17) is 10.5 Å². The SMILES string of the molecule is CC1(F)CCN(c2ccc(NC(=O)c3n[nH]c4ccc(-c5cncc(CN6CCC(F)(F)C6)c5)cc34)cn2)C1.CC1(F)CCN(c2ccc(NC(=O)c3n[nH]c4ccc(-c5cncc(CN6CCC(F)(F)CC6)c5)cc34)cn2)C1.CC1(F)CCN(c2ccc(NC(=O)c3n[nH]c4ccc(-c5cncc(N)c5)cc34)cn2)C1.O=C(Nc1ccc(N2CCCC2)nc1)c1n[nH]c2ccc(-c3cncc(Oc4ccccc4)c3)cc12. The Balaban J connectivity index is 0.000000119. The molecule has 0 aliphatic carbocycles. The zero-order valence-electron chi connectivity index (χ0n) is 80.5. The van der Waals surface area contributed by atoms with E-state index < -0.39 is 34.8 Å². The highest BCUT2D eigenvalue weighted by atomic mass is 19.3. The van der Waals surface area contributed by atoms with Gasteiger partial charge in [-0.25, -0.2) is 50.7 Å². The minimum Gasteiger partial charge on any atom is -0.456 e. The maximum Gasteiger partial charge on any atom is 0.276 e. The molecule has 3 unspecified atom stereocenters. The lowest BCUT2D eigenvalue weighted by Crippen LogP contribution is -2.38. The van der Waals surface area contributed by atoms with Crippen LogP contribution in [-0.2, 0) is 13.1 Å². The van der Waals surface area contributed by atoms with Gasteiger partial charge in [0, 0.05) is 191 Å². The van der Waals surface area contributed by atoms with Gasteiger partial charge in [-0.3, -0.25) is 69.3 Å². The number of hydrogen-bond donors (Lipinski definition) is 9. The van der Waals surface area contributed by atoms with E-state index in [1.54, 1.807) is 136 Å². The minimum absolute atomic E-state index is 0.126. The third-order valence-corrected chi connectivity index (χ3v) is 26.8. The summed E-state index contributed by atoms with van der Waals surface area (Å²) in [6.07, 6.45) is 23.4. The first-order valence-electron chi connectivity index (χ1n) is 48.5. The third-order valence-electron chi connectivity index (χ3n) is 26.8. The number of rotatable bonds is 22. The second-order valence-corrected chi connectivity index (χ2v) is 38.7. The van der Waals surface area contributed by atoms with Crippen LogP contribution < -0.4 is 51.3 Å². The average molecular weight is 1990 g/mol. The molecule has 6 saturated heterocycles. The predicted octanol–water partition coefficient (Wildman–Crippen LogP) is 20.0. The van der Waals surface area contributed by atoms with Crippen molar-refractivity contribution in [2.75, 3.05) is 125 Å². The van der Waals surface area contributed by atoms with Crippen LogP contribution in [0.4, 0.5) is 82.4 Å². The summed E-state index contributed by atoms with van der Waals surface area (Å²) in [6.45, 7) is 11.3. The highest BCUT2D eigenvalue weighted by Crippen LogP contribution is 2.39. The lowest BCUT2D eigenvalue weighted by Gasteiger charge is -2.31. The number of nitrogens with zero attached hydrogens (tertiary/aromatic N) is 18. The molecule has 12 aromatic heterocycles. The summed E-state index contributed by atoms with van der Waals surface area (Å²) in [6, 6.07) is 54.4. The van der Waals surface area contributed by atoms with Crippen molar-refractivity contribution < 1.29 is 54.6 Å². The molecule has 4 amide bonds. The Morgan fingerprint density at radius 1 is 0.327 bits per heavy atom. The van der Waals surface area contributed by atoms with Crippen LogP contribution >= 0.6 is 0 Å². The van der Waals surface area contributed by atoms with Crippen LogP contribution in [-0.4, -0.2) is 221 Å². The van der Waals surface area contributed by atoms with Gasteiger partial charge in [-0.15, -0.1) is 0 Å². The number of carbonyl (C=O) groups is 4. The van der Waals surface area contributed by atoms with E-state index in [0.717, 1.165) is 96.7 Å². The summed E-state index contributed by atoms with van der Waals surface area (Å²) >= 11 is 0. The summed E-state index contributed by atoms with van der Waals surface area (Å²) in [7, 11) is 0. The molecule has 0 radical (unpaired) electrons. The molecule has 23 rings (SSSR count). The number of aromatic nitrogens is 16. The van der Waals surface area contributed by atoms with Gasteiger partial charge < -0.3 is 51.3 Å². The number of amides is 4. The molecule has 6 aliphatic rings. The number of aromatic amines is 4. The molecule has 147 heavy (non-hydrogen) atoms. The predicted molar refractivity (Wildman–Crippen MR) is 552 cm³/mol. The van der Waals surface area contributed by atoms with Crippen molar-refractivity contribution in [2.24, 2.45) is 0 Å². The summed E-state index contributed by atoms with van der Waals surface area (Å²) in [4.78, 5) is 98.7. The van der Waals surface area contributed by atoms with Gasteiger partial charge >= 0.3 is 0 Å². The van der Waals surface area contributed by atoms with Crippen molar-refractivity contribution in [2.45, 2.75) is 114 Å². The standard InChI is InChI=1S/C29H30F3N7O.C28H28F3N7O.C28H24N6O2.C23H22FN7O/c1-28(30)6-11-39(18-28)25-5-3-22(16-34-25)35-27(40)26-23-13-20(2-4-24(23)36-37-26)21-12-19(14-33-15-21)17-38-9-7-29(31,32)8-10-38;1-27(29)6-9-38(16-27)24-5-3-21(14-33-24)34-26(39)25-22-11-19(2-4-23(22)35-36-25)20-10-18(12-32-13-20)15-37-8-7-28(30,31)17-37;35-28(31-21-9-11-26(30-17-21)34-12-4-5-13-34)27-24-15-19(8-10-25(24)32-33-27)20-14-23(18-29-16-20)36-22-6-2-1-3-7-22;1-23(24)6-7-31(13-23)20-5-3-17(12-27-20)28-22(32)21-18-9-14(2-4-19(18)29-30-21)15-8-16(25)11-26-10-15/h2-5,12-16H,6-11,17-18H2,1H3,(H,35,40)(H,36,37);2-5,10-14H,6-9,15-17H2,1H3,(H,34,39)(H,35,36);1-3,6-11,14-18H,4-5,12-13H2,(H,31,35)(H,32,33);2-5,8-12H,6-7,13,25H2,1H3,(H,28,32)(H,29,30). The molecule has 0 spiro atoms. The number of hydrogen-bond acceptors (Lipinski definition) is 24. The number of nitrogens with one attached hydrogen (secondary N) is 8. The van der Waals surface area contributed by atoms with Gasteiger partial charge in [-0.2, -0.15) is 20.4 Å². The summed E-state index contributed by atoms with van der Waals surface area (Å²) in [5.74, 6) is -2.32. The molecule has 6 aliphatic heterocycles. The monoisotopic (exact) mass is 1990 g/mol. The van der Waals surface area contributed by atoms with Crippen molar-refractivity contribution in [1.82, 2.24) is 90.5 Å². The molecule has 17 aromatic rings. The van der Waals surface area contributed by atoms with Crippen LogP contribution in [0.3, 0.4) is 0 Å². The zero-order valence-corrected chi connectivity index (χ0v) is 80.5. The first-order valence-corrected chi connectivity index (χ1v) is 48.5. The Morgan fingerprint density at radius 3 is 1.01 bits per heavy atom. The number of benzene rings is 5. The number of para-hydroxylation sites is 1. The first-order chi connectivity index (χ1) is 70.9. The van der Waals surface area contributed by atoms with Gasteiger partial charge in [-0.05, 0) is 200 Å². The zero-order chi connectivity index (χ0) is 102. The molecule has 6 fully saturated rings. The van der Waals surface area contributed by atoms with Crippen molar-refractivity contribution >= 4 is 119 Å². The fourth-order valence-corrected chi connectivity index (χ4v) is 19.0. The maximum atomic E-state index is 14.2. The number of likely N-dealkylation sites (tertiary alicyclic amines) is 2. The van der Waals surface area contributed by atoms with Gasteiger partial charge in [0.2, 0.25) is 0 Å². The number of anilines is 9. The number of H-pyrrole nitrogens is 4. The summed E-state index contributed by atoms with van der Waals surface area (Å²) in [5, 5.41) is 42.7. The fourth-order valence-electron chi connectivity index (χ4n) is 19.0. The Bertz CT molecular complexity index is 7650. The second-order valence-electron chi connectivity index (χ2n) is 38.7. The van der Waals surface area contributed by atoms with E-state index in [1.807, 2.05) is 159 Å². The number of pyridine rings is 8. The van der Waals surface area contributed by atoms with E-state index in [1.165, 1.54) is 12.8 Å². The van der Waals surface area contributed by atoms with E-state index in [0.29, 0.717) is 176 Å². The number of nitrogen functional groups attached to an aromatic ring is 1. The van der Waals surface area contributed by atoms with E-state index in [9.17, 15) is 49.9 Å². The average Bonchev–Trinajstić information content (AvgIpc) is 1.61. The smallest absolute Gasteiger partial charge is 0.276 e. The van der Waals surface area contributed by atoms with E-state index in [-0.39, 0.29) is 60.6 Å². The quantitative estimate of drug-likeness (QED) is 0.0285. The molecule has 750 valence electrons. The summed E-state index contributed by atoms with van der Waals surface area (Å²) < 4.78 is 103. The Morgan fingerprint density at radius 2 is 0.667 bits per heavy atom. The molecule has 10 N–H and O–H groups in total. The van der Waals surface area contributed by atoms with Gasteiger partial charge in [0.05, 0.1) is 108 Å². The van der Waals surface area contributed by atoms with Crippen molar-refractivity contribution in [3.8, 4) is 56.0 Å². The molecule has 39 heteroatoms. The minimum atomic E-state index is -2.64. The molecule has 3 atom stereocenters. The molecule has 32 nitrogen and oxygen atoms in total. The number of piperidine rings is 1. The number of fused-ring (bicyclic) bond motifs is 4. The van der Waals surface area contributed by atoms with E-state index >= 15 is 0 Å². The fraction of sp³-hybridized carbons (Fsp3) is 0.278. The van der Waals surface area contributed by atoms with Crippen LogP contribution in [0.1, 0.15) is 125 Å². The second kappa shape index (κ2) is 41.6. The van der Waals surface area contributed by atoms with Crippen molar-refractivity contribution in [3.05, 3.63) is 284 Å². The molecular formula is C108H104F7N27O5. The molecular weight excluding hydrogens is 1890 g/mol. The summed E-state index contributed by atoms with van der Waals surface area (Å²) in [5.41, 5.74) is 17.6. The number of carbonyl (C=O) groups excluding carboxylic acids is 4. The van der Waals surface area contributed by atoms with Gasteiger partial charge in [0.1, 0.15) is 51.8 Å². The van der Waals surface area contributed by atoms with Crippen molar-refractivity contribution in [3.63, 3.8) is 0 Å². The molecule has 18 heterocycles. The van der Waals surface area contributed by atoms with Crippen LogP contribution in [0.2, 0.25) is 0 Å². The van der Waals surface area contributed by atoms with Crippen molar-refractivity contribution in [1.29, 1.82) is 0 Å². The number of nitrogens with two attached hydrogens (primary N) is 1. The number of halogens is 7. The van der Waals surface area contributed by atoms with Gasteiger partial charge in [-0.1, -0.05) is 42.5 Å². The van der Waals surface area contributed by atoms with Gasteiger partial charge in [0.15, 0.2) is 22.8 Å². The highest BCUT2D eigenvalue weighted by molar-refractivity contribution is 6.15. The maximum absolute atomic E-state index is 14.2. The lowest BCUT2D eigenvalue weighted by molar-refractivity contribution is -0.0566. The van der Waals surface area contributed by atoms with Gasteiger partial charge in [0.25, 0.3) is 35.5 Å². The number of alkyl halides is 7. The normalized spacial score (nSPS) is 18.5. The lowest BCUT2D eigenvalue weighted by atomic mass is 10.0. The van der Waals surface area contributed by atoms with E-state index in [2.05, 4.69) is 107 Å². The van der Waals surface area contributed by atoms with Crippen LogP contribution in [0.5, 0.6) is 11.5 Å².